The quantitative estimate of drug-likeness (QED) is 0.759. The topological polar surface area (TPSA) is 75.3 Å². The van der Waals surface area contributed by atoms with Crippen LogP contribution in [0.15, 0.2) is 42.5 Å². The molecule has 0 saturated heterocycles. The number of nitrogens with one attached hydrogen (secondary N) is 1. The Balaban J connectivity index is 2.30. The number of phenolic OH excluding ortho intramolecular Hbond substituents is 1. The Bertz CT molecular complexity index is 671. The minimum Gasteiger partial charge on any atom is -0.508 e. The van der Waals surface area contributed by atoms with Crippen LogP contribution in [0.3, 0.4) is 0 Å². The second-order valence-corrected chi connectivity index (χ2v) is 4.47. The maximum absolute atomic E-state index is 13.7. The number of carbonyl (C=O) groups excluding carboxylic acids is 1. The first kappa shape index (κ1) is 14.0. The maximum Gasteiger partial charge on any atom is 0.255 e. The van der Waals surface area contributed by atoms with Crippen LogP contribution in [0.4, 0.5) is 10.1 Å². The predicted molar refractivity (Wildman–Crippen MR) is 78.3 cm³/mol. The number of anilines is 1. The molecule has 0 saturated carbocycles. The van der Waals surface area contributed by atoms with Crippen molar-refractivity contribution in [3.8, 4) is 5.75 Å². The number of thiocarbonyl (C=S) groups is 1. The van der Waals surface area contributed by atoms with Crippen LogP contribution in [0.5, 0.6) is 5.75 Å². The van der Waals surface area contributed by atoms with Gasteiger partial charge in [0, 0.05) is 5.56 Å². The molecule has 2 aromatic carbocycles. The van der Waals surface area contributed by atoms with E-state index in [1.54, 1.807) is 0 Å². The summed E-state index contributed by atoms with van der Waals surface area (Å²) in [5.41, 5.74) is 5.98. The molecule has 0 aliphatic heterocycles. The summed E-state index contributed by atoms with van der Waals surface area (Å²) >= 11 is 4.78. The lowest BCUT2D eigenvalue weighted by atomic mass is 10.1. The molecule has 1 amide bonds. The summed E-state index contributed by atoms with van der Waals surface area (Å²) in [6.07, 6.45) is 0. The Morgan fingerprint density at radius 1 is 1.20 bits per heavy atom. The van der Waals surface area contributed by atoms with Crippen LogP contribution in [0.25, 0.3) is 0 Å². The van der Waals surface area contributed by atoms with Crippen molar-refractivity contribution in [1.82, 2.24) is 0 Å². The summed E-state index contributed by atoms with van der Waals surface area (Å²) in [4.78, 5) is 11.9. The average Bonchev–Trinajstić information content (AvgIpc) is 2.39. The highest BCUT2D eigenvalue weighted by Gasteiger charge is 2.14. The molecule has 4 nitrogen and oxygen atoms in total. The van der Waals surface area contributed by atoms with Gasteiger partial charge in [0.2, 0.25) is 0 Å². The Kier molecular flexibility index (Phi) is 3.95. The van der Waals surface area contributed by atoms with Crippen LogP contribution in [0, 0.1) is 5.82 Å². The molecular weight excluding hydrogens is 279 g/mol. The minimum absolute atomic E-state index is 0.00497. The van der Waals surface area contributed by atoms with Crippen LogP contribution in [-0.2, 0) is 0 Å². The second-order valence-electron chi connectivity index (χ2n) is 4.03. The third-order valence-corrected chi connectivity index (χ3v) is 2.84. The first-order chi connectivity index (χ1) is 9.49. The van der Waals surface area contributed by atoms with E-state index in [-0.39, 0.29) is 22.0 Å². The van der Waals surface area contributed by atoms with Gasteiger partial charge in [0.25, 0.3) is 5.91 Å². The van der Waals surface area contributed by atoms with Gasteiger partial charge in [-0.3, -0.25) is 4.79 Å². The van der Waals surface area contributed by atoms with Gasteiger partial charge in [-0.25, -0.2) is 4.39 Å². The minimum atomic E-state index is -0.596. The number of benzene rings is 2. The molecular formula is C14H11FN2O2S. The highest BCUT2D eigenvalue weighted by molar-refractivity contribution is 7.80. The summed E-state index contributed by atoms with van der Waals surface area (Å²) in [5, 5.41) is 11.7. The lowest BCUT2D eigenvalue weighted by Gasteiger charge is -2.11. The molecule has 2 rings (SSSR count). The maximum atomic E-state index is 13.7. The van der Waals surface area contributed by atoms with E-state index in [4.69, 9.17) is 23.1 Å². The van der Waals surface area contributed by atoms with Gasteiger partial charge in [-0.2, -0.15) is 0 Å². The molecule has 6 heteroatoms. The molecule has 4 N–H and O–H groups in total. The molecule has 0 unspecified atom stereocenters. The first-order valence-corrected chi connectivity index (χ1v) is 6.08. The number of hydrogen-bond acceptors (Lipinski definition) is 3. The third kappa shape index (κ3) is 2.92. The summed E-state index contributed by atoms with van der Waals surface area (Å²) in [5.74, 6) is -0.995. The molecule has 102 valence electrons. The van der Waals surface area contributed by atoms with Gasteiger partial charge in [0.15, 0.2) is 0 Å². The van der Waals surface area contributed by atoms with E-state index in [1.165, 1.54) is 42.5 Å². The van der Waals surface area contributed by atoms with Gasteiger partial charge in [0.1, 0.15) is 16.6 Å². The van der Waals surface area contributed by atoms with E-state index in [1.807, 2.05) is 0 Å². The molecule has 20 heavy (non-hydrogen) atoms. The zero-order chi connectivity index (χ0) is 14.7. The molecule has 0 spiro atoms. The fourth-order valence-electron chi connectivity index (χ4n) is 1.69. The highest BCUT2D eigenvalue weighted by Crippen LogP contribution is 2.20. The SMILES string of the molecule is NC(=S)c1c(F)cccc1NC(=O)c1ccc(O)cc1. The third-order valence-electron chi connectivity index (χ3n) is 2.64. The number of phenols is 1. The van der Waals surface area contributed by atoms with Crippen LogP contribution in [0.1, 0.15) is 15.9 Å². The van der Waals surface area contributed by atoms with Gasteiger partial charge in [-0.05, 0) is 36.4 Å². The van der Waals surface area contributed by atoms with Gasteiger partial charge < -0.3 is 16.2 Å². The van der Waals surface area contributed by atoms with Crippen molar-refractivity contribution in [2.75, 3.05) is 5.32 Å². The Hall–Kier alpha value is -2.47. The van der Waals surface area contributed by atoms with E-state index < -0.39 is 11.7 Å². The summed E-state index contributed by atoms with van der Waals surface area (Å²) < 4.78 is 13.7. The lowest BCUT2D eigenvalue weighted by molar-refractivity contribution is 0.102. The standard InChI is InChI=1S/C14H11FN2O2S/c15-10-2-1-3-11(12(10)13(16)20)17-14(19)8-4-6-9(18)7-5-8/h1-7,18H,(H2,16,20)(H,17,19). The number of rotatable bonds is 3. The zero-order valence-corrected chi connectivity index (χ0v) is 11.1. The fraction of sp³-hybridized carbons (Fsp3) is 0. The summed E-state index contributed by atoms with van der Waals surface area (Å²) in [6.45, 7) is 0. The molecule has 0 aliphatic carbocycles. The lowest BCUT2D eigenvalue weighted by Crippen LogP contribution is -2.19. The second kappa shape index (κ2) is 5.66. The number of amides is 1. The number of halogens is 1. The van der Waals surface area contributed by atoms with Crippen molar-refractivity contribution in [1.29, 1.82) is 0 Å². The number of carbonyl (C=O) groups is 1. The van der Waals surface area contributed by atoms with Gasteiger partial charge >= 0.3 is 0 Å². The molecule has 0 fully saturated rings. The Labute approximate surface area is 120 Å². The molecule has 0 radical (unpaired) electrons. The van der Waals surface area contributed by atoms with E-state index in [2.05, 4.69) is 5.32 Å². The van der Waals surface area contributed by atoms with E-state index >= 15 is 0 Å². The highest BCUT2D eigenvalue weighted by atomic mass is 32.1. The van der Waals surface area contributed by atoms with Gasteiger partial charge in [-0.15, -0.1) is 0 Å². The average molecular weight is 290 g/mol. The smallest absolute Gasteiger partial charge is 0.255 e. The molecule has 0 bridgehead atoms. The van der Waals surface area contributed by atoms with Gasteiger partial charge in [0.05, 0.1) is 11.3 Å². The van der Waals surface area contributed by atoms with Crippen molar-refractivity contribution < 1.29 is 14.3 Å². The number of hydrogen-bond donors (Lipinski definition) is 3. The normalized spacial score (nSPS) is 10.1. The monoisotopic (exact) mass is 290 g/mol. The predicted octanol–water partition coefficient (Wildman–Crippen LogP) is 2.42. The summed E-state index contributed by atoms with van der Waals surface area (Å²) in [6, 6.07) is 9.84. The van der Waals surface area contributed by atoms with Crippen molar-refractivity contribution in [2.24, 2.45) is 5.73 Å². The number of nitrogens with two attached hydrogens (primary N) is 1. The van der Waals surface area contributed by atoms with Crippen LogP contribution in [0.2, 0.25) is 0 Å². The molecule has 2 aromatic rings. The largest absolute Gasteiger partial charge is 0.508 e. The fourth-order valence-corrected chi connectivity index (χ4v) is 1.89. The van der Waals surface area contributed by atoms with Crippen molar-refractivity contribution in [3.63, 3.8) is 0 Å². The molecule has 0 aromatic heterocycles. The van der Waals surface area contributed by atoms with Crippen LogP contribution in [-0.4, -0.2) is 16.0 Å². The summed E-state index contributed by atoms with van der Waals surface area (Å²) in [7, 11) is 0. The van der Waals surface area contributed by atoms with Crippen molar-refractivity contribution in [2.45, 2.75) is 0 Å². The van der Waals surface area contributed by atoms with E-state index in [9.17, 15) is 9.18 Å². The first-order valence-electron chi connectivity index (χ1n) is 5.67. The van der Waals surface area contributed by atoms with Gasteiger partial charge in [-0.1, -0.05) is 18.3 Å². The molecule has 0 atom stereocenters. The van der Waals surface area contributed by atoms with Crippen molar-refractivity contribution >= 4 is 28.8 Å². The van der Waals surface area contributed by atoms with E-state index in [0.717, 1.165) is 0 Å². The molecule has 0 aliphatic rings. The Morgan fingerprint density at radius 3 is 2.45 bits per heavy atom. The van der Waals surface area contributed by atoms with Crippen molar-refractivity contribution in [3.05, 3.63) is 59.4 Å². The van der Waals surface area contributed by atoms with Crippen LogP contribution >= 0.6 is 12.2 Å². The van der Waals surface area contributed by atoms with Crippen LogP contribution < -0.4 is 11.1 Å². The Morgan fingerprint density at radius 2 is 1.85 bits per heavy atom. The zero-order valence-electron chi connectivity index (χ0n) is 10.3. The molecule has 0 heterocycles. The van der Waals surface area contributed by atoms with E-state index in [0.29, 0.717) is 5.56 Å². The number of aromatic hydroxyl groups is 1.